The third-order valence-corrected chi connectivity index (χ3v) is 3.98. The molecule has 0 aromatic carbocycles. The minimum atomic E-state index is -0.219. The van der Waals surface area contributed by atoms with Gasteiger partial charge in [0.05, 0.1) is 11.6 Å². The molecule has 0 radical (unpaired) electrons. The van der Waals surface area contributed by atoms with Gasteiger partial charge in [-0.15, -0.1) is 0 Å². The summed E-state index contributed by atoms with van der Waals surface area (Å²) in [5, 5.41) is 7.15. The third-order valence-electron chi connectivity index (χ3n) is 3.98. The number of aryl methyl sites for hydroxylation is 2. The van der Waals surface area contributed by atoms with E-state index in [0.717, 1.165) is 23.2 Å². The number of ether oxygens (including phenoxy) is 1. The van der Waals surface area contributed by atoms with Crippen molar-refractivity contribution in [1.82, 2.24) is 20.1 Å². The van der Waals surface area contributed by atoms with Crippen molar-refractivity contribution in [3.8, 4) is 0 Å². The van der Waals surface area contributed by atoms with Gasteiger partial charge in [0, 0.05) is 38.8 Å². The topological polar surface area (TPSA) is 69.0 Å². The van der Waals surface area contributed by atoms with Crippen molar-refractivity contribution in [2.45, 2.75) is 26.0 Å². The molecule has 3 rings (SSSR count). The highest BCUT2D eigenvalue weighted by atomic mass is 16.5. The van der Waals surface area contributed by atoms with Gasteiger partial charge in [-0.25, -0.2) is 0 Å². The molecule has 1 saturated heterocycles. The number of hydrogen-bond acceptors (Lipinski definition) is 4. The van der Waals surface area contributed by atoms with Crippen molar-refractivity contribution in [3.63, 3.8) is 0 Å². The number of nitrogens with zero attached hydrogens (tertiary/aromatic N) is 3. The molecule has 1 fully saturated rings. The maximum absolute atomic E-state index is 12.5. The molecular weight excluding hydrogens is 280 g/mol. The lowest BCUT2D eigenvalue weighted by Crippen LogP contribution is -2.32. The number of carbonyl (C=O) groups excluding carboxylic acids is 1. The number of aromatic nitrogens is 3. The van der Waals surface area contributed by atoms with Crippen LogP contribution >= 0.6 is 0 Å². The van der Waals surface area contributed by atoms with Gasteiger partial charge in [0.1, 0.15) is 6.10 Å². The van der Waals surface area contributed by atoms with Crippen LogP contribution in [0.2, 0.25) is 0 Å². The Morgan fingerprint density at radius 1 is 1.50 bits per heavy atom. The SMILES string of the molecule is Cc1cncc(CNC(=O)[C@@H]2CCO[C@H]2c2ccnn2C)c1. The van der Waals surface area contributed by atoms with Crippen LogP contribution in [-0.4, -0.2) is 27.3 Å². The Morgan fingerprint density at radius 2 is 2.36 bits per heavy atom. The number of rotatable bonds is 4. The Hall–Kier alpha value is -2.21. The first-order valence-corrected chi connectivity index (χ1v) is 7.43. The summed E-state index contributed by atoms with van der Waals surface area (Å²) >= 11 is 0. The lowest BCUT2D eigenvalue weighted by molar-refractivity contribution is -0.127. The summed E-state index contributed by atoms with van der Waals surface area (Å²) in [4.78, 5) is 16.6. The van der Waals surface area contributed by atoms with Gasteiger partial charge in [-0.1, -0.05) is 6.07 Å². The molecule has 2 aromatic rings. The summed E-state index contributed by atoms with van der Waals surface area (Å²) in [7, 11) is 1.87. The van der Waals surface area contributed by atoms with Gasteiger partial charge in [0.25, 0.3) is 0 Å². The van der Waals surface area contributed by atoms with E-state index in [1.54, 1.807) is 23.3 Å². The van der Waals surface area contributed by atoms with E-state index in [-0.39, 0.29) is 17.9 Å². The molecule has 3 heterocycles. The molecule has 6 heteroatoms. The van der Waals surface area contributed by atoms with Gasteiger partial charge in [-0.05, 0) is 30.5 Å². The quantitative estimate of drug-likeness (QED) is 0.929. The summed E-state index contributed by atoms with van der Waals surface area (Å²) in [6.07, 6.45) is 5.81. The zero-order chi connectivity index (χ0) is 15.5. The van der Waals surface area contributed by atoms with E-state index in [1.807, 2.05) is 26.1 Å². The predicted octanol–water partition coefficient (Wildman–Crippen LogP) is 1.52. The Morgan fingerprint density at radius 3 is 3.09 bits per heavy atom. The van der Waals surface area contributed by atoms with Gasteiger partial charge < -0.3 is 10.1 Å². The van der Waals surface area contributed by atoms with E-state index < -0.39 is 0 Å². The van der Waals surface area contributed by atoms with Crippen LogP contribution in [-0.2, 0) is 23.1 Å². The molecule has 1 aliphatic heterocycles. The zero-order valence-corrected chi connectivity index (χ0v) is 12.8. The monoisotopic (exact) mass is 300 g/mol. The van der Waals surface area contributed by atoms with Gasteiger partial charge in [-0.3, -0.25) is 14.5 Å². The highest BCUT2D eigenvalue weighted by Gasteiger charge is 2.36. The fourth-order valence-electron chi connectivity index (χ4n) is 2.85. The van der Waals surface area contributed by atoms with E-state index in [1.165, 1.54) is 0 Å². The van der Waals surface area contributed by atoms with Gasteiger partial charge in [0.15, 0.2) is 0 Å². The Labute approximate surface area is 129 Å². The lowest BCUT2D eigenvalue weighted by atomic mass is 9.98. The van der Waals surface area contributed by atoms with Crippen LogP contribution in [0.4, 0.5) is 0 Å². The third kappa shape index (κ3) is 3.01. The smallest absolute Gasteiger partial charge is 0.226 e. The van der Waals surface area contributed by atoms with Crippen LogP contribution in [0.25, 0.3) is 0 Å². The summed E-state index contributed by atoms with van der Waals surface area (Å²) in [5.74, 6) is -0.154. The number of amides is 1. The molecule has 1 aliphatic rings. The summed E-state index contributed by atoms with van der Waals surface area (Å²) in [6.45, 7) is 3.07. The first-order valence-electron chi connectivity index (χ1n) is 7.43. The lowest BCUT2D eigenvalue weighted by Gasteiger charge is -2.18. The normalized spacial score (nSPS) is 21.0. The number of carbonyl (C=O) groups is 1. The van der Waals surface area contributed by atoms with Crippen molar-refractivity contribution < 1.29 is 9.53 Å². The van der Waals surface area contributed by atoms with Crippen LogP contribution in [0.5, 0.6) is 0 Å². The molecule has 0 saturated carbocycles. The Bertz CT molecular complexity index is 668. The van der Waals surface area contributed by atoms with E-state index in [4.69, 9.17) is 4.74 Å². The second-order valence-electron chi connectivity index (χ2n) is 5.65. The Balaban J connectivity index is 1.65. The molecule has 2 aromatic heterocycles. The molecule has 116 valence electrons. The molecule has 6 nitrogen and oxygen atoms in total. The highest BCUT2D eigenvalue weighted by molar-refractivity contribution is 5.79. The van der Waals surface area contributed by atoms with Gasteiger partial charge >= 0.3 is 0 Å². The number of pyridine rings is 1. The number of nitrogens with one attached hydrogen (secondary N) is 1. The van der Waals surface area contributed by atoms with Crippen LogP contribution in [0.1, 0.15) is 29.3 Å². The molecule has 1 amide bonds. The van der Waals surface area contributed by atoms with E-state index in [0.29, 0.717) is 13.2 Å². The van der Waals surface area contributed by atoms with Gasteiger partial charge in [-0.2, -0.15) is 5.10 Å². The van der Waals surface area contributed by atoms with Crippen molar-refractivity contribution in [2.24, 2.45) is 13.0 Å². The molecule has 0 spiro atoms. The first-order chi connectivity index (χ1) is 10.6. The van der Waals surface area contributed by atoms with Crippen molar-refractivity contribution >= 4 is 5.91 Å². The maximum atomic E-state index is 12.5. The molecular formula is C16H20N4O2. The van der Waals surface area contributed by atoms with Crippen LogP contribution in [0.15, 0.2) is 30.7 Å². The fraction of sp³-hybridized carbons (Fsp3) is 0.438. The largest absolute Gasteiger partial charge is 0.371 e. The highest BCUT2D eigenvalue weighted by Crippen LogP contribution is 2.34. The summed E-state index contributed by atoms with van der Waals surface area (Å²) in [6, 6.07) is 3.93. The van der Waals surface area contributed by atoms with Gasteiger partial charge in [0.2, 0.25) is 5.91 Å². The Kier molecular flexibility index (Phi) is 4.20. The second kappa shape index (κ2) is 6.27. The van der Waals surface area contributed by atoms with Crippen LogP contribution in [0, 0.1) is 12.8 Å². The van der Waals surface area contributed by atoms with Crippen LogP contribution < -0.4 is 5.32 Å². The average Bonchev–Trinajstić information content (AvgIpc) is 3.13. The average molecular weight is 300 g/mol. The molecule has 0 aliphatic carbocycles. The minimum Gasteiger partial charge on any atom is -0.371 e. The predicted molar refractivity (Wildman–Crippen MR) is 80.8 cm³/mol. The van der Waals surface area contributed by atoms with E-state index in [2.05, 4.69) is 15.4 Å². The van der Waals surface area contributed by atoms with Crippen molar-refractivity contribution in [1.29, 1.82) is 0 Å². The molecule has 2 atom stereocenters. The summed E-state index contributed by atoms with van der Waals surface area (Å²) in [5.41, 5.74) is 3.03. The minimum absolute atomic E-state index is 0.0187. The molecule has 0 bridgehead atoms. The molecule has 22 heavy (non-hydrogen) atoms. The van der Waals surface area contributed by atoms with Crippen molar-refractivity contribution in [3.05, 3.63) is 47.5 Å². The first kappa shape index (κ1) is 14.7. The zero-order valence-electron chi connectivity index (χ0n) is 12.8. The molecule has 1 N–H and O–H groups in total. The van der Waals surface area contributed by atoms with Crippen LogP contribution in [0.3, 0.4) is 0 Å². The fourth-order valence-corrected chi connectivity index (χ4v) is 2.85. The van der Waals surface area contributed by atoms with E-state index >= 15 is 0 Å². The van der Waals surface area contributed by atoms with E-state index in [9.17, 15) is 4.79 Å². The second-order valence-corrected chi connectivity index (χ2v) is 5.65. The van der Waals surface area contributed by atoms with Crippen molar-refractivity contribution in [2.75, 3.05) is 6.61 Å². The standard InChI is InChI=1S/C16H20N4O2/c1-11-7-12(9-17-8-11)10-18-16(21)13-4-6-22-15(13)14-3-5-19-20(14)2/h3,5,7-9,13,15H,4,6,10H2,1-2H3,(H,18,21)/t13-,15-/m1/s1. The molecule has 0 unspecified atom stereocenters. The number of hydrogen-bond donors (Lipinski definition) is 1. The summed E-state index contributed by atoms with van der Waals surface area (Å²) < 4.78 is 7.51. The maximum Gasteiger partial charge on any atom is 0.226 e.